The van der Waals surface area contributed by atoms with E-state index in [0.717, 1.165) is 29.2 Å². The molecule has 6 nitrogen and oxygen atoms in total. The fourth-order valence-electron chi connectivity index (χ4n) is 2.54. The van der Waals surface area contributed by atoms with Crippen molar-refractivity contribution in [2.45, 2.75) is 13.1 Å². The zero-order valence-electron chi connectivity index (χ0n) is 14.4. The molecule has 3 aromatic rings. The highest BCUT2D eigenvalue weighted by molar-refractivity contribution is 6.22. The van der Waals surface area contributed by atoms with Gasteiger partial charge in [-0.3, -0.25) is 9.78 Å². The molecule has 2 N–H and O–H groups in total. The predicted octanol–water partition coefficient (Wildman–Crippen LogP) is 3.29. The van der Waals surface area contributed by atoms with Crippen LogP contribution in [0.5, 0.6) is 0 Å². The molecule has 10 heteroatoms. The largest absolute Gasteiger partial charge is 0.416 e. The average molecular weight is 391 g/mol. The lowest BCUT2D eigenvalue weighted by atomic mass is 10.1. The molecule has 0 unspecified atom stereocenters. The van der Waals surface area contributed by atoms with Gasteiger partial charge in [0.1, 0.15) is 12.1 Å². The minimum absolute atomic E-state index is 0.00414. The average Bonchev–Trinajstić information content (AvgIpc) is 3.08. The first-order valence-electron chi connectivity index (χ1n) is 7.87. The lowest BCUT2D eigenvalue weighted by Crippen LogP contribution is -2.14. The molecule has 0 aliphatic carbocycles. The van der Waals surface area contributed by atoms with Gasteiger partial charge >= 0.3 is 6.18 Å². The van der Waals surface area contributed by atoms with Crippen LogP contribution in [0.2, 0.25) is 0 Å². The number of nitrogens with two attached hydrogens (primary N) is 1. The van der Waals surface area contributed by atoms with E-state index in [4.69, 9.17) is 5.73 Å². The molecule has 144 valence electrons. The number of hydrogen-bond donors (Lipinski definition) is 1. The van der Waals surface area contributed by atoms with Crippen molar-refractivity contribution in [3.63, 3.8) is 0 Å². The number of alkyl halides is 3. The van der Waals surface area contributed by atoms with Gasteiger partial charge in [-0.25, -0.2) is 14.1 Å². The molecule has 0 atom stereocenters. The van der Waals surface area contributed by atoms with Gasteiger partial charge in [0.2, 0.25) is 0 Å². The van der Waals surface area contributed by atoms with E-state index in [-0.39, 0.29) is 22.5 Å². The maximum Gasteiger partial charge on any atom is 0.416 e. The van der Waals surface area contributed by atoms with Crippen LogP contribution in [-0.4, -0.2) is 25.7 Å². The summed E-state index contributed by atoms with van der Waals surface area (Å²) >= 11 is 0. The molecule has 1 amide bonds. The number of aryl methyl sites for hydroxylation is 1. The van der Waals surface area contributed by atoms with E-state index in [1.807, 2.05) is 0 Å². The maximum absolute atomic E-state index is 13.9. The van der Waals surface area contributed by atoms with Gasteiger partial charge in [-0.2, -0.15) is 13.2 Å². The highest BCUT2D eigenvalue weighted by Crippen LogP contribution is 2.32. The Morgan fingerprint density at radius 3 is 2.64 bits per heavy atom. The summed E-state index contributed by atoms with van der Waals surface area (Å²) in [6, 6.07) is 4.70. The zero-order chi connectivity index (χ0) is 20.5. The molecule has 0 bridgehead atoms. The van der Waals surface area contributed by atoms with Crippen molar-refractivity contribution in [3.8, 4) is 11.4 Å². The number of pyridine rings is 1. The van der Waals surface area contributed by atoms with Gasteiger partial charge < -0.3 is 5.73 Å². The fraction of sp³-hybridized carbons (Fsp3) is 0.111. The van der Waals surface area contributed by atoms with Crippen LogP contribution in [-0.2, 0) is 11.0 Å². The van der Waals surface area contributed by atoms with E-state index < -0.39 is 23.5 Å². The number of aromatic nitrogens is 4. The molecule has 0 spiro atoms. The van der Waals surface area contributed by atoms with Crippen LogP contribution >= 0.6 is 0 Å². The molecule has 0 fully saturated rings. The minimum Gasteiger partial charge on any atom is -0.366 e. The van der Waals surface area contributed by atoms with Crippen LogP contribution in [0.25, 0.3) is 23.2 Å². The summed E-state index contributed by atoms with van der Waals surface area (Å²) in [5.41, 5.74) is 4.73. The Labute approximate surface area is 156 Å². The molecule has 0 radical (unpaired) electrons. The lowest BCUT2D eigenvalue weighted by Gasteiger charge is -2.09. The predicted molar refractivity (Wildman–Crippen MR) is 92.8 cm³/mol. The Bertz CT molecular complexity index is 1070. The third-order valence-electron chi connectivity index (χ3n) is 3.76. The van der Waals surface area contributed by atoms with Gasteiger partial charge in [-0.05, 0) is 36.8 Å². The van der Waals surface area contributed by atoms with Crippen molar-refractivity contribution in [2.75, 3.05) is 0 Å². The number of benzene rings is 1. The third kappa shape index (κ3) is 4.05. The molecular weight excluding hydrogens is 378 g/mol. The van der Waals surface area contributed by atoms with E-state index >= 15 is 0 Å². The zero-order valence-corrected chi connectivity index (χ0v) is 14.4. The van der Waals surface area contributed by atoms with Crippen molar-refractivity contribution in [1.82, 2.24) is 19.7 Å². The Kier molecular flexibility index (Phi) is 4.95. The van der Waals surface area contributed by atoms with E-state index in [1.165, 1.54) is 31.6 Å². The molecule has 0 aliphatic rings. The number of primary amides is 1. The summed E-state index contributed by atoms with van der Waals surface area (Å²) in [5, 5.41) is 4.04. The standard InChI is InChI=1S/C18H13F4N5O/c1-10-4-11(6-12(5-10)18(20,21)22)17-25-9-27(26-17)8-14(16(23)28)13-2-3-24-7-15(13)19/h2-9H,1H3,(H2,23,28)/b14-8-. The summed E-state index contributed by atoms with van der Waals surface area (Å²) in [7, 11) is 0. The quantitative estimate of drug-likeness (QED) is 0.546. The second-order valence-electron chi connectivity index (χ2n) is 5.90. The second kappa shape index (κ2) is 7.22. The van der Waals surface area contributed by atoms with Crippen molar-refractivity contribution in [3.05, 3.63) is 65.5 Å². The van der Waals surface area contributed by atoms with Crippen molar-refractivity contribution >= 4 is 17.7 Å². The lowest BCUT2D eigenvalue weighted by molar-refractivity contribution is -0.137. The summed E-state index contributed by atoms with van der Waals surface area (Å²) in [6.07, 6.45) is 0.00356. The first kappa shape index (κ1) is 19.2. The number of amides is 1. The maximum atomic E-state index is 13.9. The monoisotopic (exact) mass is 391 g/mol. The summed E-state index contributed by atoms with van der Waals surface area (Å²) in [6.45, 7) is 1.52. The minimum atomic E-state index is -4.51. The van der Waals surface area contributed by atoms with E-state index in [2.05, 4.69) is 15.1 Å². The molecule has 0 saturated heterocycles. The molecule has 0 aliphatic heterocycles. The first-order valence-corrected chi connectivity index (χ1v) is 7.87. The summed E-state index contributed by atoms with van der Waals surface area (Å²) in [4.78, 5) is 19.3. The highest BCUT2D eigenvalue weighted by atomic mass is 19.4. The normalized spacial score (nSPS) is 12.2. The molecule has 3 rings (SSSR count). The van der Waals surface area contributed by atoms with Gasteiger partial charge in [0, 0.05) is 23.5 Å². The fourth-order valence-corrected chi connectivity index (χ4v) is 2.54. The van der Waals surface area contributed by atoms with Gasteiger partial charge in [0.05, 0.1) is 17.3 Å². The van der Waals surface area contributed by atoms with Crippen LogP contribution in [0, 0.1) is 12.7 Å². The number of nitrogens with zero attached hydrogens (tertiary/aromatic N) is 4. The molecule has 2 heterocycles. The number of carbonyl (C=O) groups excluding carboxylic acids is 1. The topological polar surface area (TPSA) is 86.7 Å². The van der Waals surface area contributed by atoms with Gasteiger partial charge in [0.25, 0.3) is 5.91 Å². The van der Waals surface area contributed by atoms with Gasteiger partial charge in [-0.1, -0.05) is 0 Å². The van der Waals surface area contributed by atoms with Crippen molar-refractivity contribution in [1.29, 1.82) is 0 Å². The number of carbonyl (C=O) groups is 1. The molecule has 1 aromatic carbocycles. The summed E-state index contributed by atoms with van der Waals surface area (Å²) in [5.74, 6) is -1.68. The van der Waals surface area contributed by atoms with Crippen LogP contribution in [0.3, 0.4) is 0 Å². The Morgan fingerprint density at radius 1 is 1.25 bits per heavy atom. The van der Waals surface area contributed by atoms with Gasteiger partial charge in [-0.15, -0.1) is 5.10 Å². The Hall–Kier alpha value is -3.56. The van der Waals surface area contributed by atoms with E-state index in [1.54, 1.807) is 0 Å². The Balaban J connectivity index is 2.02. The van der Waals surface area contributed by atoms with E-state index in [9.17, 15) is 22.4 Å². The summed E-state index contributed by atoms with van der Waals surface area (Å²) < 4.78 is 54.0. The SMILES string of the molecule is Cc1cc(-c2ncn(/C=C(\C(N)=O)c3ccncc3F)n2)cc(C(F)(F)F)c1. The van der Waals surface area contributed by atoms with Gasteiger partial charge in [0.15, 0.2) is 5.82 Å². The Morgan fingerprint density at radius 2 is 2.00 bits per heavy atom. The number of halogens is 4. The number of hydrogen-bond acceptors (Lipinski definition) is 4. The molecule has 28 heavy (non-hydrogen) atoms. The van der Waals surface area contributed by atoms with Crippen LogP contribution in [0.15, 0.2) is 43.0 Å². The van der Waals surface area contributed by atoms with E-state index in [0.29, 0.717) is 5.56 Å². The first-order chi connectivity index (χ1) is 13.1. The van der Waals surface area contributed by atoms with Crippen molar-refractivity contribution < 1.29 is 22.4 Å². The third-order valence-corrected chi connectivity index (χ3v) is 3.76. The molecule has 2 aromatic heterocycles. The molecule has 0 saturated carbocycles. The highest BCUT2D eigenvalue weighted by Gasteiger charge is 2.31. The smallest absolute Gasteiger partial charge is 0.366 e. The second-order valence-corrected chi connectivity index (χ2v) is 5.90. The van der Waals surface area contributed by atoms with Crippen molar-refractivity contribution in [2.24, 2.45) is 5.73 Å². The van der Waals surface area contributed by atoms with Crippen LogP contribution < -0.4 is 5.73 Å². The molecular formula is C18H13F4N5O. The van der Waals surface area contributed by atoms with Crippen LogP contribution in [0.1, 0.15) is 16.7 Å². The van der Waals surface area contributed by atoms with Crippen LogP contribution in [0.4, 0.5) is 17.6 Å². The number of rotatable bonds is 4.